The second-order valence-corrected chi connectivity index (χ2v) is 8.87. The van der Waals surface area contributed by atoms with E-state index in [1.54, 1.807) is 0 Å². The number of morpholine rings is 1. The third-order valence-electron chi connectivity index (χ3n) is 6.71. The number of hydrogen-bond donors (Lipinski definition) is 2. The van der Waals surface area contributed by atoms with Crippen LogP contribution < -0.4 is 5.32 Å². The lowest BCUT2D eigenvalue weighted by atomic mass is 10.1. The second kappa shape index (κ2) is 8.27. The van der Waals surface area contributed by atoms with Gasteiger partial charge in [0.25, 0.3) is 5.91 Å². The van der Waals surface area contributed by atoms with Gasteiger partial charge in [-0.1, -0.05) is 0 Å². The number of pyridine rings is 1. The molecule has 0 unspecified atom stereocenters. The summed E-state index contributed by atoms with van der Waals surface area (Å²) >= 11 is 0. The smallest absolute Gasteiger partial charge is 0.251 e. The third-order valence-corrected chi connectivity index (χ3v) is 6.71. The van der Waals surface area contributed by atoms with Crippen molar-refractivity contribution in [1.82, 2.24) is 34.5 Å². The molecule has 174 valence electrons. The van der Waals surface area contributed by atoms with Gasteiger partial charge in [0, 0.05) is 91.2 Å². The predicted octanol–water partition coefficient (Wildman–Crippen LogP) is 2.67. The van der Waals surface area contributed by atoms with Crippen molar-refractivity contribution >= 4 is 38.7 Å². The summed E-state index contributed by atoms with van der Waals surface area (Å²) in [5.74, 6) is -0.0557. The van der Waals surface area contributed by atoms with E-state index in [1.165, 1.54) is 0 Å². The average Bonchev–Trinajstić information content (AvgIpc) is 3.54. The van der Waals surface area contributed by atoms with Crippen molar-refractivity contribution < 1.29 is 9.53 Å². The minimum Gasteiger partial charge on any atom is -0.379 e. The molecule has 0 spiro atoms. The van der Waals surface area contributed by atoms with Crippen molar-refractivity contribution in [3.8, 4) is 11.3 Å². The minimum atomic E-state index is -0.0557. The lowest BCUT2D eigenvalue weighted by Crippen LogP contribution is -2.41. The van der Waals surface area contributed by atoms with Crippen LogP contribution >= 0.6 is 0 Å². The van der Waals surface area contributed by atoms with Crippen LogP contribution in [0.4, 0.5) is 0 Å². The normalized spacial score (nSPS) is 15.0. The maximum Gasteiger partial charge on any atom is 0.251 e. The monoisotopic (exact) mass is 457 g/mol. The lowest BCUT2D eigenvalue weighted by Gasteiger charge is -2.26. The molecule has 0 radical (unpaired) electrons. The van der Waals surface area contributed by atoms with Gasteiger partial charge >= 0.3 is 0 Å². The Balaban J connectivity index is 1.31. The van der Waals surface area contributed by atoms with Crippen molar-refractivity contribution in [1.29, 1.82) is 0 Å². The molecule has 1 aliphatic rings. The Morgan fingerprint density at radius 3 is 2.85 bits per heavy atom. The fourth-order valence-corrected chi connectivity index (χ4v) is 4.89. The Kier molecular flexibility index (Phi) is 5.08. The van der Waals surface area contributed by atoms with E-state index in [1.807, 2.05) is 49.4 Å². The summed E-state index contributed by atoms with van der Waals surface area (Å²) in [4.78, 5) is 23.2. The molecule has 5 heterocycles. The molecule has 0 aliphatic carbocycles. The SMILES string of the molecule is Cn1cc(-c2cc3c(ncc4cnn(C)c43)[nH]2)c2cc(C(=O)NCCN3CCOCC3)ccc21. The molecule has 4 aromatic heterocycles. The van der Waals surface area contributed by atoms with Crippen LogP contribution in [0.25, 0.3) is 44.1 Å². The number of nitrogens with zero attached hydrogens (tertiary/aromatic N) is 5. The van der Waals surface area contributed by atoms with Gasteiger partial charge in [-0.15, -0.1) is 0 Å². The van der Waals surface area contributed by atoms with Crippen LogP contribution in [0.2, 0.25) is 0 Å². The first-order valence-electron chi connectivity index (χ1n) is 11.6. The molecular weight excluding hydrogens is 430 g/mol. The number of aromatic nitrogens is 5. The molecule has 1 fully saturated rings. The van der Waals surface area contributed by atoms with Crippen molar-refractivity contribution in [2.24, 2.45) is 14.1 Å². The van der Waals surface area contributed by atoms with E-state index in [9.17, 15) is 4.79 Å². The summed E-state index contributed by atoms with van der Waals surface area (Å²) in [7, 11) is 3.96. The molecule has 1 aromatic carbocycles. The number of H-pyrrole nitrogens is 1. The maximum absolute atomic E-state index is 12.9. The zero-order valence-corrected chi connectivity index (χ0v) is 19.3. The summed E-state index contributed by atoms with van der Waals surface area (Å²) in [6.07, 6.45) is 5.76. The van der Waals surface area contributed by atoms with E-state index in [2.05, 4.69) is 42.1 Å². The highest BCUT2D eigenvalue weighted by Gasteiger charge is 2.17. The first-order valence-corrected chi connectivity index (χ1v) is 11.6. The van der Waals surface area contributed by atoms with Gasteiger partial charge in [0.2, 0.25) is 0 Å². The van der Waals surface area contributed by atoms with Crippen LogP contribution in [0.1, 0.15) is 10.4 Å². The largest absolute Gasteiger partial charge is 0.379 e. The van der Waals surface area contributed by atoms with Gasteiger partial charge < -0.3 is 19.6 Å². The van der Waals surface area contributed by atoms with E-state index in [0.29, 0.717) is 12.1 Å². The molecular formula is C25H27N7O2. The first-order chi connectivity index (χ1) is 16.6. The highest BCUT2D eigenvalue weighted by atomic mass is 16.5. The number of fused-ring (bicyclic) bond motifs is 4. The Morgan fingerprint density at radius 2 is 2.00 bits per heavy atom. The number of rotatable bonds is 5. The van der Waals surface area contributed by atoms with E-state index in [4.69, 9.17) is 4.74 Å². The fourth-order valence-electron chi connectivity index (χ4n) is 4.89. The Morgan fingerprint density at radius 1 is 1.15 bits per heavy atom. The molecule has 9 heteroatoms. The van der Waals surface area contributed by atoms with Gasteiger partial charge in [0.1, 0.15) is 5.65 Å². The van der Waals surface area contributed by atoms with Crippen LogP contribution in [0, 0.1) is 0 Å². The van der Waals surface area contributed by atoms with Gasteiger partial charge in [-0.25, -0.2) is 4.98 Å². The van der Waals surface area contributed by atoms with E-state index >= 15 is 0 Å². The summed E-state index contributed by atoms with van der Waals surface area (Å²) in [5.41, 5.74) is 5.59. The van der Waals surface area contributed by atoms with Gasteiger partial charge in [-0.2, -0.15) is 5.10 Å². The van der Waals surface area contributed by atoms with Crippen molar-refractivity contribution in [3.05, 3.63) is 48.4 Å². The van der Waals surface area contributed by atoms with Crippen LogP contribution in [0.5, 0.6) is 0 Å². The van der Waals surface area contributed by atoms with Crippen molar-refractivity contribution in [3.63, 3.8) is 0 Å². The number of hydrogen-bond acceptors (Lipinski definition) is 5. The van der Waals surface area contributed by atoms with Crippen LogP contribution in [0.3, 0.4) is 0 Å². The lowest BCUT2D eigenvalue weighted by molar-refractivity contribution is 0.0383. The highest BCUT2D eigenvalue weighted by molar-refractivity contribution is 6.07. The Labute approximate surface area is 196 Å². The molecule has 0 atom stereocenters. The number of ether oxygens (including phenoxy) is 1. The number of amides is 1. The fraction of sp³-hybridized carbons (Fsp3) is 0.320. The standard InChI is InChI=1S/C25H27N7O2/c1-30-15-20(21-12-19-23-17(14-28-31(23)2)13-27-24(19)29-21)18-11-16(3-4-22(18)30)25(33)26-5-6-32-7-9-34-10-8-32/h3-4,11-15H,5-10H2,1-2H3,(H,26,33)(H,27,29). The van der Waals surface area contributed by atoms with Gasteiger partial charge in [-0.05, 0) is 24.3 Å². The van der Waals surface area contributed by atoms with Gasteiger partial charge in [0.15, 0.2) is 0 Å². The molecule has 9 nitrogen and oxygen atoms in total. The zero-order chi connectivity index (χ0) is 23.2. The average molecular weight is 458 g/mol. The summed E-state index contributed by atoms with van der Waals surface area (Å²) in [6.45, 7) is 4.80. The molecule has 34 heavy (non-hydrogen) atoms. The maximum atomic E-state index is 12.9. The number of benzene rings is 1. The highest BCUT2D eigenvalue weighted by Crippen LogP contribution is 2.34. The van der Waals surface area contributed by atoms with E-state index in [-0.39, 0.29) is 5.91 Å². The Hall–Kier alpha value is -3.69. The quantitative estimate of drug-likeness (QED) is 0.423. The van der Waals surface area contributed by atoms with E-state index in [0.717, 1.165) is 76.9 Å². The molecule has 1 amide bonds. The molecule has 5 aromatic rings. The molecule has 1 aliphatic heterocycles. The first kappa shape index (κ1) is 20.9. The second-order valence-electron chi connectivity index (χ2n) is 8.87. The van der Waals surface area contributed by atoms with Crippen molar-refractivity contribution in [2.45, 2.75) is 0 Å². The molecule has 0 bridgehead atoms. The van der Waals surface area contributed by atoms with Crippen LogP contribution in [-0.4, -0.2) is 74.5 Å². The summed E-state index contributed by atoms with van der Waals surface area (Å²) in [5, 5.41) is 10.5. The number of carbonyl (C=O) groups excluding carboxylic acids is 1. The molecule has 0 saturated carbocycles. The van der Waals surface area contributed by atoms with Gasteiger partial charge in [-0.3, -0.25) is 14.4 Å². The minimum absolute atomic E-state index is 0.0557. The van der Waals surface area contributed by atoms with Crippen LogP contribution in [0.15, 0.2) is 42.9 Å². The predicted molar refractivity (Wildman–Crippen MR) is 132 cm³/mol. The summed E-state index contributed by atoms with van der Waals surface area (Å²) < 4.78 is 9.35. The zero-order valence-electron chi connectivity index (χ0n) is 19.3. The molecule has 1 saturated heterocycles. The third kappa shape index (κ3) is 3.53. The number of aromatic amines is 1. The summed E-state index contributed by atoms with van der Waals surface area (Å²) in [6, 6.07) is 8.00. The van der Waals surface area contributed by atoms with Gasteiger partial charge in [0.05, 0.1) is 24.9 Å². The number of nitrogens with one attached hydrogen (secondary N) is 2. The Bertz CT molecular complexity index is 1520. The van der Waals surface area contributed by atoms with E-state index < -0.39 is 0 Å². The molecule has 2 N–H and O–H groups in total. The number of carbonyl (C=O) groups is 1. The van der Waals surface area contributed by atoms with Crippen molar-refractivity contribution in [2.75, 3.05) is 39.4 Å². The van der Waals surface area contributed by atoms with Crippen LogP contribution in [-0.2, 0) is 18.8 Å². The topological polar surface area (TPSA) is 93.0 Å². The number of aryl methyl sites for hydroxylation is 2. The molecule has 6 rings (SSSR count).